The monoisotopic (exact) mass is 296 g/mol. The van der Waals surface area contributed by atoms with Gasteiger partial charge in [0.2, 0.25) is 0 Å². The quantitative estimate of drug-likeness (QED) is 0.917. The lowest BCUT2D eigenvalue weighted by Crippen LogP contribution is -2.27. The van der Waals surface area contributed by atoms with Gasteiger partial charge >= 0.3 is 0 Å². The third kappa shape index (κ3) is 3.54. The molecule has 0 aliphatic carbocycles. The van der Waals surface area contributed by atoms with Crippen LogP contribution >= 0.6 is 11.3 Å². The lowest BCUT2D eigenvalue weighted by atomic mass is 10.2. The number of aromatic nitrogens is 1. The maximum absolute atomic E-state index is 12.1. The van der Waals surface area contributed by atoms with Crippen LogP contribution in [-0.2, 0) is 10.8 Å². The van der Waals surface area contributed by atoms with E-state index in [0.29, 0.717) is 17.9 Å². The molecule has 2 rings (SSSR count). The van der Waals surface area contributed by atoms with Crippen LogP contribution in [0.4, 0.5) is 0 Å². The van der Waals surface area contributed by atoms with Crippen LogP contribution < -0.4 is 5.32 Å². The van der Waals surface area contributed by atoms with Gasteiger partial charge in [-0.05, 0) is 25.1 Å². The molecule has 0 saturated carbocycles. The van der Waals surface area contributed by atoms with Gasteiger partial charge < -0.3 is 9.88 Å². The van der Waals surface area contributed by atoms with E-state index in [1.54, 1.807) is 17.6 Å². The van der Waals surface area contributed by atoms with Crippen molar-refractivity contribution in [2.45, 2.75) is 6.92 Å². The van der Waals surface area contributed by atoms with E-state index in [1.807, 2.05) is 42.1 Å². The summed E-state index contributed by atoms with van der Waals surface area (Å²) < 4.78 is 12.9. The van der Waals surface area contributed by atoms with Gasteiger partial charge in [0.25, 0.3) is 5.91 Å². The van der Waals surface area contributed by atoms with Crippen molar-refractivity contribution in [2.24, 2.45) is 0 Å². The zero-order valence-corrected chi connectivity index (χ0v) is 12.5. The number of carbonyl (C=O) groups is 1. The number of nitrogens with one attached hydrogen (secondary N) is 1. The molecule has 0 aliphatic rings. The summed E-state index contributed by atoms with van der Waals surface area (Å²) >= 11 is 1.58. The lowest BCUT2D eigenvalue weighted by Gasteiger charge is -2.06. The Bertz CT molecular complexity index is 588. The minimum atomic E-state index is -0.885. The number of aryl methyl sites for hydroxylation is 1. The van der Waals surface area contributed by atoms with Gasteiger partial charge in [0.1, 0.15) is 5.00 Å². The zero-order chi connectivity index (χ0) is 13.8. The second-order valence-electron chi connectivity index (χ2n) is 4.20. The van der Waals surface area contributed by atoms with Gasteiger partial charge in [-0.3, -0.25) is 9.00 Å². The van der Waals surface area contributed by atoms with Crippen molar-refractivity contribution in [1.82, 2.24) is 9.88 Å². The van der Waals surface area contributed by atoms with Gasteiger partial charge in [0.05, 0.1) is 5.56 Å². The molecule has 1 unspecified atom stereocenters. The van der Waals surface area contributed by atoms with E-state index in [2.05, 4.69) is 5.32 Å². The van der Waals surface area contributed by atoms with Crippen molar-refractivity contribution in [3.05, 3.63) is 41.0 Å². The molecule has 0 radical (unpaired) electrons. The van der Waals surface area contributed by atoms with E-state index in [1.165, 1.54) is 0 Å². The zero-order valence-electron chi connectivity index (χ0n) is 10.9. The maximum Gasteiger partial charge on any atom is 0.254 e. The van der Waals surface area contributed by atoms with E-state index in [4.69, 9.17) is 0 Å². The van der Waals surface area contributed by atoms with Crippen LogP contribution in [0.3, 0.4) is 0 Å². The fourth-order valence-electron chi connectivity index (χ4n) is 1.73. The number of amides is 1. The lowest BCUT2D eigenvalue weighted by molar-refractivity contribution is 0.0956. The minimum Gasteiger partial charge on any atom is -0.351 e. The Hall–Kier alpha value is -1.40. The first-order valence-corrected chi connectivity index (χ1v) is 8.44. The fraction of sp³-hybridized carbons (Fsp3) is 0.308. The summed E-state index contributed by atoms with van der Waals surface area (Å²) in [7, 11) is -0.885. The van der Waals surface area contributed by atoms with Crippen molar-refractivity contribution in [3.63, 3.8) is 0 Å². The predicted molar refractivity (Wildman–Crippen MR) is 79.6 cm³/mol. The number of nitrogens with zero attached hydrogens (tertiary/aromatic N) is 1. The molecular formula is C13H16N2O2S2. The van der Waals surface area contributed by atoms with Gasteiger partial charge in [-0.2, -0.15) is 0 Å². The number of carbonyl (C=O) groups excluding carboxylic acids is 1. The number of thiophene rings is 1. The standard InChI is InChI=1S/C13H16N2O2S2/c1-10-9-11(12(16)14-5-8-19(2)17)13(18-10)15-6-3-4-7-15/h3-4,6-7,9H,5,8H2,1-2H3,(H,14,16). The van der Waals surface area contributed by atoms with Crippen molar-refractivity contribution in [2.75, 3.05) is 18.6 Å². The molecule has 1 N–H and O–H groups in total. The van der Waals surface area contributed by atoms with E-state index >= 15 is 0 Å². The summed E-state index contributed by atoms with van der Waals surface area (Å²) in [4.78, 5) is 13.2. The minimum absolute atomic E-state index is 0.112. The first-order chi connectivity index (χ1) is 9.08. The van der Waals surface area contributed by atoms with Gasteiger partial charge in [-0.25, -0.2) is 0 Å². The van der Waals surface area contributed by atoms with Crippen LogP contribution in [0.5, 0.6) is 0 Å². The Morgan fingerprint density at radius 3 is 2.74 bits per heavy atom. The van der Waals surface area contributed by atoms with Crippen molar-refractivity contribution < 1.29 is 9.00 Å². The third-order valence-electron chi connectivity index (χ3n) is 2.59. The molecule has 2 heterocycles. The Morgan fingerprint density at radius 1 is 1.42 bits per heavy atom. The molecule has 1 amide bonds. The van der Waals surface area contributed by atoms with E-state index < -0.39 is 10.8 Å². The molecule has 1 atom stereocenters. The van der Waals surface area contributed by atoms with Crippen LogP contribution in [0.1, 0.15) is 15.2 Å². The molecule has 0 aromatic carbocycles. The van der Waals surface area contributed by atoms with Crippen LogP contribution in [0.2, 0.25) is 0 Å². The molecule has 2 aromatic heterocycles. The van der Waals surface area contributed by atoms with Crippen LogP contribution in [0.15, 0.2) is 30.6 Å². The topological polar surface area (TPSA) is 51.1 Å². The molecule has 4 nitrogen and oxygen atoms in total. The molecule has 19 heavy (non-hydrogen) atoms. The Labute approximate surface area is 118 Å². The fourth-order valence-corrected chi connectivity index (χ4v) is 3.09. The average Bonchev–Trinajstić information content (AvgIpc) is 2.96. The third-order valence-corrected chi connectivity index (χ3v) is 4.44. The summed E-state index contributed by atoms with van der Waals surface area (Å²) in [5.74, 6) is 0.367. The molecular weight excluding hydrogens is 280 g/mol. The smallest absolute Gasteiger partial charge is 0.254 e. The van der Waals surface area contributed by atoms with Crippen molar-refractivity contribution >= 4 is 28.0 Å². The van der Waals surface area contributed by atoms with Crippen molar-refractivity contribution in [3.8, 4) is 5.00 Å². The highest BCUT2D eigenvalue weighted by molar-refractivity contribution is 7.84. The molecule has 0 spiro atoms. The van der Waals surface area contributed by atoms with Crippen LogP contribution in [-0.4, -0.2) is 33.2 Å². The Kier molecular flexibility index (Phi) is 4.55. The summed E-state index contributed by atoms with van der Waals surface area (Å²) in [5.41, 5.74) is 0.667. The van der Waals surface area contributed by atoms with Crippen molar-refractivity contribution in [1.29, 1.82) is 0 Å². The summed E-state index contributed by atoms with van der Waals surface area (Å²) in [6.45, 7) is 2.41. The maximum atomic E-state index is 12.1. The van der Waals surface area contributed by atoms with E-state index in [9.17, 15) is 9.00 Å². The highest BCUT2D eigenvalue weighted by Gasteiger charge is 2.15. The highest BCUT2D eigenvalue weighted by Crippen LogP contribution is 2.26. The predicted octanol–water partition coefficient (Wildman–Crippen LogP) is 1.96. The number of hydrogen-bond acceptors (Lipinski definition) is 3. The Balaban J connectivity index is 2.16. The molecule has 0 saturated heterocycles. The van der Waals surface area contributed by atoms with Crippen LogP contribution in [0.25, 0.3) is 5.00 Å². The molecule has 0 aliphatic heterocycles. The molecule has 0 bridgehead atoms. The second-order valence-corrected chi connectivity index (χ2v) is 6.99. The first-order valence-electron chi connectivity index (χ1n) is 5.90. The molecule has 6 heteroatoms. The number of rotatable bonds is 5. The Morgan fingerprint density at radius 2 is 2.11 bits per heavy atom. The molecule has 102 valence electrons. The van der Waals surface area contributed by atoms with E-state index in [-0.39, 0.29) is 5.91 Å². The van der Waals surface area contributed by atoms with Gasteiger partial charge in [-0.1, -0.05) is 0 Å². The summed E-state index contributed by atoms with van der Waals surface area (Å²) in [5, 5.41) is 3.72. The average molecular weight is 296 g/mol. The van der Waals surface area contributed by atoms with Crippen LogP contribution in [0, 0.1) is 6.92 Å². The summed E-state index contributed by atoms with van der Waals surface area (Å²) in [6, 6.07) is 5.74. The second kappa shape index (κ2) is 6.16. The summed E-state index contributed by atoms with van der Waals surface area (Å²) in [6.07, 6.45) is 5.47. The molecule has 2 aromatic rings. The molecule has 0 fully saturated rings. The van der Waals surface area contributed by atoms with Gasteiger partial charge in [0.15, 0.2) is 0 Å². The normalized spacial score (nSPS) is 12.3. The SMILES string of the molecule is Cc1cc(C(=O)NCCS(C)=O)c(-n2cccc2)s1. The largest absolute Gasteiger partial charge is 0.351 e. The van der Waals surface area contributed by atoms with Gasteiger partial charge in [0, 0.05) is 46.6 Å². The van der Waals surface area contributed by atoms with E-state index in [0.717, 1.165) is 9.88 Å². The van der Waals surface area contributed by atoms with Gasteiger partial charge in [-0.15, -0.1) is 11.3 Å². The first kappa shape index (κ1) is 14.0. The highest BCUT2D eigenvalue weighted by atomic mass is 32.2. The number of hydrogen-bond donors (Lipinski definition) is 1.